The summed E-state index contributed by atoms with van der Waals surface area (Å²) in [4.78, 5) is 15.8. The molecule has 2 N–H and O–H groups in total. The lowest BCUT2D eigenvalue weighted by Crippen LogP contribution is -2.28. The number of urea groups is 1. The Morgan fingerprint density at radius 3 is 1.75 bits per heavy atom. The van der Waals surface area contributed by atoms with Crippen LogP contribution in [-0.2, 0) is 0 Å². The van der Waals surface area contributed by atoms with Crippen LogP contribution in [0.25, 0.3) is 0 Å². The van der Waals surface area contributed by atoms with Gasteiger partial charge in [-0.15, -0.1) is 22.7 Å². The molecule has 104 valence electrons. The molecule has 0 bridgehead atoms. The number of hydrazone groups is 2. The second-order valence-electron chi connectivity index (χ2n) is 3.97. The Kier molecular flexibility index (Phi) is 5.03. The summed E-state index contributed by atoms with van der Waals surface area (Å²) in [5.41, 5.74) is 4.70. The summed E-state index contributed by atoms with van der Waals surface area (Å²) in [6.45, 7) is 4.03. The summed E-state index contributed by atoms with van der Waals surface area (Å²) in [5, 5.41) is 7.67. The van der Waals surface area contributed by atoms with Crippen molar-refractivity contribution in [2.45, 2.75) is 13.8 Å². The number of aryl methyl sites for hydroxylation is 2. The summed E-state index contributed by atoms with van der Waals surface area (Å²) < 4.78 is 0. The first-order valence-electron chi connectivity index (χ1n) is 5.88. The minimum atomic E-state index is -0.473. The number of nitrogens with one attached hydrogen (secondary N) is 2. The van der Waals surface area contributed by atoms with Crippen LogP contribution in [0.5, 0.6) is 0 Å². The van der Waals surface area contributed by atoms with Crippen molar-refractivity contribution in [2.75, 3.05) is 0 Å². The number of carbonyl (C=O) groups excluding carboxylic acids is 1. The third-order valence-corrected chi connectivity index (χ3v) is 4.11. The fourth-order valence-electron chi connectivity index (χ4n) is 1.38. The van der Waals surface area contributed by atoms with E-state index in [1.165, 1.54) is 9.75 Å². The van der Waals surface area contributed by atoms with Crippen LogP contribution in [0.1, 0.15) is 19.5 Å². The molecular weight excluding hydrogens is 292 g/mol. The largest absolute Gasteiger partial charge is 0.355 e. The van der Waals surface area contributed by atoms with Crippen LogP contribution < -0.4 is 10.9 Å². The summed E-state index contributed by atoms with van der Waals surface area (Å²) >= 11 is 3.22. The average Bonchev–Trinajstić information content (AvgIpc) is 2.99. The fourth-order valence-corrected chi connectivity index (χ4v) is 2.88. The van der Waals surface area contributed by atoms with E-state index < -0.39 is 6.03 Å². The Balaban J connectivity index is 1.75. The van der Waals surface area contributed by atoms with Crippen molar-refractivity contribution < 1.29 is 4.79 Å². The van der Waals surface area contributed by atoms with E-state index in [0.717, 1.165) is 9.75 Å². The molecule has 0 saturated heterocycles. The van der Waals surface area contributed by atoms with Gasteiger partial charge in [-0.25, -0.2) is 15.6 Å². The van der Waals surface area contributed by atoms with Gasteiger partial charge in [0.1, 0.15) is 0 Å². The maximum Gasteiger partial charge on any atom is 0.355 e. The molecule has 20 heavy (non-hydrogen) atoms. The molecule has 0 saturated carbocycles. The molecule has 2 amide bonds. The molecule has 0 aliphatic heterocycles. The maximum atomic E-state index is 11.4. The van der Waals surface area contributed by atoms with Crippen LogP contribution in [-0.4, -0.2) is 18.5 Å². The molecular formula is C13H14N4OS2. The molecule has 0 spiro atoms. The van der Waals surface area contributed by atoms with Crippen molar-refractivity contribution in [1.29, 1.82) is 0 Å². The lowest BCUT2D eigenvalue weighted by Gasteiger charge is -1.96. The van der Waals surface area contributed by atoms with E-state index >= 15 is 0 Å². The Hall–Kier alpha value is -1.99. The second-order valence-corrected chi connectivity index (χ2v) is 6.60. The van der Waals surface area contributed by atoms with Crippen LogP contribution in [0, 0.1) is 13.8 Å². The van der Waals surface area contributed by atoms with E-state index in [2.05, 4.69) is 21.1 Å². The van der Waals surface area contributed by atoms with Crippen LogP contribution >= 0.6 is 22.7 Å². The van der Waals surface area contributed by atoms with Crippen LogP contribution in [0.2, 0.25) is 0 Å². The van der Waals surface area contributed by atoms with Crippen molar-refractivity contribution in [3.8, 4) is 0 Å². The molecule has 0 atom stereocenters. The predicted molar refractivity (Wildman–Crippen MR) is 85.0 cm³/mol. The highest BCUT2D eigenvalue weighted by Gasteiger charge is 1.96. The van der Waals surface area contributed by atoms with Crippen molar-refractivity contribution in [3.63, 3.8) is 0 Å². The van der Waals surface area contributed by atoms with Gasteiger partial charge in [0, 0.05) is 19.5 Å². The van der Waals surface area contributed by atoms with Crippen molar-refractivity contribution >= 4 is 41.1 Å². The van der Waals surface area contributed by atoms with Gasteiger partial charge in [0.2, 0.25) is 0 Å². The fraction of sp³-hybridized carbons (Fsp3) is 0.154. The Labute approximate surface area is 125 Å². The highest BCUT2D eigenvalue weighted by molar-refractivity contribution is 7.13. The minimum Gasteiger partial charge on any atom is -0.245 e. The van der Waals surface area contributed by atoms with Gasteiger partial charge in [-0.2, -0.15) is 10.2 Å². The van der Waals surface area contributed by atoms with Crippen LogP contribution in [0.4, 0.5) is 4.79 Å². The van der Waals surface area contributed by atoms with Gasteiger partial charge < -0.3 is 0 Å². The Bertz CT molecular complexity index is 588. The van der Waals surface area contributed by atoms with Gasteiger partial charge in [0.05, 0.1) is 12.4 Å². The molecule has 2 aromatic rings. The Morgan fingerprint density at radius 2 is 1.40 bits per heavy atom. The summed E-state index contributed by atoms with van der Waals surface area (Å²) in [7, 11) is 0. The van der Waals surface area contributed by atoms with Gasteiger partial charge in [-0.1, -0.05) is 0 Å². The molecule has 0 aliphatic rings. The van der Waals surface area contributed by atoms with Gasteiger partial charge in [0.25, 0.3) is 0 Å². The molecule has 0 radical (unpaired) electrons. The van der Waals surface area contributed by atoms with E-state index in [-0.39, 0.29) is 0 Å². The maximum absolute atomic E-state index is 11.4. The lowest BCUT2D eigenvalue weighted by atomic mass is 10.4. The zero-order valence-electron chi connectivity index (χ0n) is 11.1. The normalized spacial score (nSPS) is 11.3. The molecule has 0 aliphatic carbocycles. The van der Waals surface area contributed by atoms with Crippen LogP contribution in [0.15, 0.2) is 34.5 Å². The summed E-state index contributed by atoms with van der Waals surface area (Å²) in [5.74, 6) is 0. The molecule has 0 unspecified atom stereocenters. The topological polar surface area (TPSA) is 65.8 Å². The predicted octanol–water partition coefficient (Wildman–Crippen LogP) is 3.09. The zero-order valence-corrected chi connectivity index (χ0v) is 12.7. The monoisotopic (exact) mass is 306 g/mol. The van der Waals surface area contributed by atoms with Gasteiger partial charge in [-0.3, -0.25) is 0 Å². The van der Waals surface area contributed by atoms with Crippen molar-refractivity contribution in [2.24, 2.45) is 10.2 Å². The van der Waals surface area contributed by atoms with E-state index in [0.29, 0.717) is 0 Å². The third kappa shape index (κ3) is 4.60. The smallest absolute Gasteiger partial charge is 0.245 e. The highest BCUT2D eigenvalue weighted by atomic mass is 32.1. The molecule has 7 heteroatoms. The minimum absolute atomic E-state index is 0.473. The van der Waals surface area contributed by atoms with E-state index in [9.17, 15) is 4.79 Å². The van der Waals surface area contributed by atoms with E-state index in [1.54, 1.807) is 35.1 Å². The summed E-state index contributed by atoms with van der Waals surface area (Å²) in [6.07, 6.45) is 3.20. The lowest BCUT2D eigenvalue weighted by molar-refractivity contribution is 0.242. The Morgan fingerprint density at radius 1 is 0.950 bits per heavy atom. The number of amides is 2. The van der Waals surface area contributed by atoms with Crippen LogP contribution in [0.3, 0.4) is 0 Å². The van der Waals surface area contributed by atoms with Gasteiger partial charge in [-0.05, 0) is 38.1 Å². The van der Waals surface area contributed by atoms with Crippen molar-refractivity contribution in [3.05, 3.63) is 43.8 Å². The molecule has 0 aromatic carbocycles. The molecule has 2 rings (SSSR count). The first kappa shape index (κ1) is 14.4. The zero-order chi connectivity index (χ0) is 14.4. The number of hydrogen-bond acceptors (Lipinski definition) is 5. The summed E-state index contributed by atoms with van der Waals surface area (Å²) in [6, 6.07) is 7.42. The average molecular weight is 306 g/mol. The van der Waals surface area contributed by atoms with Gasteiger partial charge >= 0.3 is 6.03 Å². The van der Waals surface area contributed by atoms with Crippen molar-refractivity contribution in [1.82, 2.24) is 10.9 Å². The quantitative estimate of drug-likeness (QED) is 0.661. The third-order valence-electron chi connectivity index (χ3n) is 2.24. The van der Waals surface area contributed by atoms with Gasteiger partial charge in [0.15, 0.2) is 0 Å². The molecule has 2 heterocycles. The number of carbonyl (C=O) groups is 1. The van der Waals surface area contributed by atoms with E-state index in [4.69, 9.17) is 0 Å². The first-order valence-corrected chi connectivity index (χ1v) is 7.52. The molecule has 0 fully saturated rings. The standard InChI is InChI=1S/C13H14N4OS2/c1-9-3-5-11(19-9)7-14-16-13(18)17-15-8-12-6-4-10(2)20-12/h3-8H,1-2H3,(H2,16,17,18)/b14-7-,15-8-. The SMILES string of the molecule is Cc1ccc(/C=N\NC(=O)N/N=C\c2ccc(C)s2)s1. The number of thiophene rings is 2. The number of rotatable bonds is 4. The van der Waals surface area contributed by atoms with E-state index in [1.807, 2.05) is 38.1 Å². The molecule has 5 nitrogen and oxygen atoms in total. The second kappa shape index (κ2) is 6.97. The highest BCUT2D eigenvalue weighted by Crippen LogP contribution is 2.12. The molecule has 2 aromatic heterocycles. The first-order chi connectivity index (χ1) is 9.63. The number of hydrogen-bond donors (Lipinski definition) is 2. The number of nitrogens with zero attached hydrogens (tertiary/aromatic N) is 2.